The van der Waals surface area contributed by atoms with Gasteiger partial charge in [0.15, 0.2) is 5.75 Å². The van der Waals surface area contributed by atoms with Crippen LogP contribution < -0.4 is 10.5 Å². The average molecular weight is 270 g/mol. The predicted molar refractivity (Wildman–Crippen MR) is 53.9 cm³/mol. The van der Waals surface area contributed by atoms with E-state index in [1.54, 1.807) is 0 Å². The molecule has 4 nitrogen and oxygen atoms in total. The molecule has 0 aliphatic heterocycles. The molecule has 17 heavy (non-hydrogen) atoms. The van der Waals surface area contributed by atoms with E-state index in [1.165, 1.54) is 0 Å². The van der Waals surface area contributed by atoms with Crippen molar-refractivity contribution < 1.29 is 27.4 Å². The van der Waals surface area contributed by atoms with Crippen LogP contribution in [0.4, 0.5) is 18.9 Å². The van der Waals surface area contributed by atoms with Crippen molar-refractivity contribution in [1.82, 2.24) is 0 Å². The molecular weight excluding hydrogens is 263 g/mol. The van der Waals surface area contributed by atoms with Gasteiger partial charge in [0, 0.05) is 0 Å². The molecule has 0 spiro atoms. The number of ether oxygens (including phenoxy) is 2. The number of rotatable bonds is 2. The Morgan fingerprint density at radius 1 is 1.41 bits per heavy atom. The molecule has 94 valence electrons. The number of nitrogen functional groups attached to an aromatic ring is 1. The van der Waals surface area contributed by atoms with E-state index in [-0.39, 0.29) is 11.3 Å². The summed E-state index contributed by atoms with van der Waals surface area (Å²) in [6.07, 6.45) is -4.93. The zero-order valence-corrected chi connectivity index (χ0v) is 9.22. The number of carbonyl (C=O) groups excluding carboxylic acids is 1. The number of halogens is 4. The fraction of sp³-hybridized carbons (Fsp3) is 0.222. The Kier molecular flexibility index (Phi) is 3.72. The summed E-state index contributed by atoms with van der Waals surface area (Å²) in [6.45, 7) is 0. The van der Waals surface area contributed by atoms with Gasteiger partial charge in [-0.25, -0.2) is 4.79 Å². The van der Waals surface area contributed by atoms with Gasteiger partial charge in [-0.1, -0.05) is 11.6 Å². The van der Waals surface area contributed by atoms with Crippen molar-refractivity contribution in [3.05, 3.63) is 22.7 Å². The summed E-state index contributed by atoms with van der Waals surface area (Å²) in [7, 11) is 1.08. The second-order valence-electron chi connectivity index (χ2n) is 2.92. The molecule has 0 aliphatic rings. The van der Waals surface area contributed by atoms with Gasteiger partial charge in [-0.05, 0) is 12.1 Å². The van der Waals surface area contributed by atoms with Crippen LogP contribution in [0.5, 0.6) is 5.75 Å². The van der Waals surface area contributed by atoms with Crippen molar-refractivity contribution >= 4 is 23.3 Å². The quantitative estimate of drug-likeness (QED) is 0.662. The molecule has 2 N–H and O–H groups in total. The summed E-state index contributed by atoms with van der Waals surface area (Å²) in [4.78, 5) is 11.1. The van der Waals surface area contributed by atoms with E-state index in [9.17, 15) is 18.0 Å². The molecule has 0 amide bonds. The van der Waals surface area contributed by atoms with Crippen LogP contribution in [0.25, 0.3) is 0 Å². The fourth-order valence-corrected chi connectivity index (χ4v) is 1.20. The molecule has 0 saturated carbocycles. The number of methoxy groups -OCH3 is 1. The van der Waals surface area contributed by atoms with Crippen molar-refractivity contribution in [3.8, 4) is 5.75 Å². The van der Waals surface area contributed by atoms with Crippen LogP contribution >= 0.6 is 11.6 Å². The highest BCUT2D eigenvalue weighted by molar-refractivity contribution is 6.34. The van der Waals surface area contributed by atoms with Crippen molar-refractivity contribution in [2.24, 2.45) is 0 Å². The van der Waals surface area contributed by atoms with E-state index in [0.717, 1.165) is 19.2 Å². The SMILES string of the molecule is COC(=O)c1cc(N)c(Cl)c(OC(F)(F)F)c1. The molecule has 1 rings (SSSR count). The summed E-state index contributed by atoms with van der Waals surface area (Å²) in [5.41, 5.74) is 4.95. The van der Waals surface area contributed by atoms with Gasteiger partial charge in [-0.15, -0.1) is 13.2 Å². The second kappa shape index (κ2) is 4.70. The molecule has 0 unspecified atom stereocenters. The number of hydrogen-bond donors (Lipinski definition) is 1. The molecule has 0 saturated heterocycles. The molecule has 1 aromatic carbocycles. The normalized spacial score (nSPS) is 11.1. The topological polar surface area (TPSA) is 61.5 Å². The van der Waals surface area contributed by atoms with Crippen molar-refractivity contribution in [2.75, 3.05) is 12.8 Å². The van der Waals surface area contributed by atoms with Gasteiger partial charge in [0.2, 0.25) is 0 Å². The monoisotopic (exact) mass is 269 g/mol. The standard InChI is InChI=1S/C9H7ClF3NO3/c1-16-8(15)4-2-5(14)7(10)6(3-4)17-9(11,12)13/h2-3H,14H2,1H3. The Morgan fingerprint density at radius 2 is 2.00 bits per heavy atom. The molecule has 0 radical (unpaired) electrons. The first-order valence-corrected chi connectivity index (χ1v) is 4.55. The number of carbonyl (C=O) groups is 1. The van der Waals surface area contributed by atoms with Crippen LogP contribution in [-0.2, 0) is 4.74 Å². The Labute approximate surface area is 99.1 Å². The van der Waals surface area contributed by atoms with E-state index in [2.05, 4.69) is 9.47 Å². The van der Waals surface area contributed by atoms with Gasteiger partial charge in [-0.2, -0.15) is 0 Å². The maximum absolute atomic E-state index is 12.0. The van der Waals surface area contributed by atoms with Crippen LogP contribution in [0.1, 0.15) is 10.4 Å². The molecule has 0 fully saturated rings. The summed E-state index contributed by atoms with van der Waals surface area (Å²) in [5.74, 6) is -1.60. The number of esters is 1. The molecule has 0 aliphatic carbocycles. The highest BCUT2D eigenvalue weighted by atomic mass is 35.5. The van der Waals surface area contributed by atoms with E-state index >= 15 is 0 Å². The lowest BCUT2D eigenvalue weighted by atomic mass is 10.2. The van der Waals surface area contributed by atoms with E-state index in [1.807, 2.05) is 0 Å². The summed E-state index contributed by atoms with van der Waals surface area (Å²) >= 11 is 5.52. The van der Waals surface area contributed by atoms with Gasteiger partial charge in [0.25, 0.3) is 0 Å². The summed E-state index contributed by atoms with van der Waals surface area (Å²) < 4.78 is 44.1. The minimum absolute atomic E-state index is 0.186. The first kappa shape index (κ1) is 13.4. The highest BCUT2D eigenvalue weighted by Gasteiger charge is 2.32. The van der Waals surface area contributed by atoms with Crippen molar-refractivity contribution in [2.45, 2.75) is 6.36 Å². The Morgan fingerprint density at radius 3 is 2.47 bits per heavy atom. The van der Waals surface area contributed by atoms with Crippen molar-refractivity contribution in [3.63, 3.8) is 0 Å². The van der Waals surface area contributed by atoms with Crippen molar-refractivity contribution in [1.29, 1.82) is 0 Å². The van der Waals surface area contributed by atoms with Gasteiger partial charge in [0.05, 0.1) is 18.4 Å². The molecular formula is C9H7ClF3NO3. The third kappa shape index (κ3) is 3.42. The number of benzene rings is 1. The minimum atomic E-state index is -4.93. The van der Waals surface area contributed by atoms with Gasteiger partial charge < -0.3 is 15.2 Å². The van der Waals surface area contributed by atoms with E-state index in [4.69, 9.17) is 17.3 Å². The molecule has 0 heterocycles. The second-order valence-corrected chi connectivity index (χ2v) is 3.29. The molecule has 1 aromatic rings. The third-order valence-electron chi connectivity index (χ3n) is 1.71. The lowest BCUT2D eigenvalue weighted by molar-refractivity contribution is -0.274. The maximum Gasteiger partial charge on any atom is 0.573 e. The molecule has 0 atom stereocenters. The molecule has 0 aromatic heterocycles. The smallest absolute Gasteiger partial charge is 0.465 e. The van der Waals surface area contributed by atoms with Gasteiger partial charge >= 0.3 is 12.3 Å². The highest BCUT2D eigenvalue weighted by Crippen LogP contribution is 2.35. The molecule has 0 bridgehead atoms. The lowest BCUT2D eigenvalue weighted by Gasteiger charge is -2.12. The Balaban J connectivity index is 3.20. The maximum atomic E-state index is 12.0. The lowest BCUT2D eigenvalue weighted by Crippen LogP contribution is -2.18. The Bertz CT molecular complexity index is 448. The Hall–Kier alpha value is -1.63. The number of hydrogen-bond acceptors (Lipinski definition) is 4. The third-order valence-corrected chi connectivity index (χ3v) is 2.12. The first-order chi connectivity index (χ1) is 7.74. The fourth-order valence-electron chi connectivity index (χ4n) is 1.05. The van der Waals surface area contributed by atoms with Crippen LogP contribution in [0.3, 0.4) is 0 Å². The van der Waals surface area contributed by atoms with Gasteiger partial charge in [-0.3, -0.25) is 0 Å². The van der Waals surface area contributed by atoms with Crippen LogP contribution in [0, 0.1) is 0 Å². The number of alkyl halides is 3. The zero-order chi connectivity index (χ0) is 13.2. The van der Waals surface area contributed by atoms with E-state index < -0.39 is 23.1 Å². The average Bonchev–Trinajstić information content (AvgIpc) is 2.21. The zero-order valence-electron chi connectivity index (χ0n) is 8.47. The van der Waals surface area contributed by atoms with Crippen LogP contribution in [0.2, 0.25) is 5.02 Å². The summed E-state index contributed by atoms with van der Waals surface area (Å²) in [5, 5.41) is -0.421. The van der Waals surface area contributed by atoms with Gasteiger partial charge in [0.1, 0.15) is 5.02 Å². The largest absolute Gasteiger partial charge is 0.573 e. The van der Waals surface area contributed by atoms with Crippen LogP contribution in [-0.4, -0.2) is 19.4 Å². The molecule has 8 heteroatoms. The summed E-state index contributed by atoms with van der Waals surface area (Å²) in [6, 6.07) is 1.90. The number of nitrogens with two attached hydrogens (primary N) is 1. The minimum Gasteiger partial charge on any atom is -0.465 e. The van der Waals surface area contributed by atoms with E-state index in [0.29, 0.717) is 0 Å². The first-order valence-electron chi connectivity index (χ1n) is 4.17. The van der Waals surface area contributed by atoms with Crippen LogP contribution in [0.15, 0.2) is 12.1 Å². The predicted octanol–water partition coefficient (Wildman–Crippen LogP) is 2.61. The number of anilines is 1.